The molecular formula is C30H29FN6O4. The number of carbonyl (C=O) groups excluding carboxylic acids is 2. The number of aromatic nitrogens is 2. The van der Waals surface area contributed by atoms with E-state index in [0.717, 1.165) is 36.9 Å². The minimum atomic E-state index is -0.812. The van der Waals surface area contributed by atoms with Crippen molar-refractivity contribution in [2.45, 2.75) is 32.9 Å². The zero-order valence-electron chi connectivity index (χ0n) is 23.0. The van der Waals surface area contributed by atoms with E-state index >= 15 is 0 Å². The summed E-state index contributed by atoms with van der Waals surface area (Å²) in [6.45, 7) is 8.37. The van der Waals surface area contributed by atoms with Crippen molar-refractivity contribution in [2.24, 2.45) is 11.8 Å². The molecule has 2 amide bonds. The number of halogens is 1. The Balaban J connectivity index is 1.35. The Morgan fingerprint density at radius 1 is 1.17 bits per heavy atom. The number of carbonyl (C=O) groups is 2. The third kappa shape index (κ3) is 5.07. The van der Waals surface area contributed by atoms with Crippen LogP contribution in [0.15, 0.2) is 42.6 Å². The molecule has 2 aromatic heterocycles. The van der Waals surface area contributed by atoms with Gasteiger partial charge < -0.3 is 19.7 Å². The van der Waals surface area contributed by atoms with Gasteiger partial charge in [0.25, 0.3) is 5.91 Å². The summed E-state index contributed by atoms with van der Waals surface area (Å²) in [4.78, 5) is 38.7. The summed E-state index contributed by atoms with van der Waals surface area (Å²) < 4.78 is 26.0. The van der Waals surface area contributed by atoms with E-state index in [-0.39, 0.29) is 34.6 Å². The van der Waals surface area contributed by atoms with Crippen LogP contribution in [-0.4, -0.2) is 58.8 Å². The molecule has 2 atom stereocenters. The lowest BCUT2D eigenvalue weighted by Gasteiger charge is -2.23. The summed E-state index contributed by atoms with van der Waals surface area (Å²) in [5.74, 6) is 0.294. The van der Waals surface area contributed by atoms with Crippen molar-refractivity contribution in [1.82, 2.24) is 14.9 Å². The quantitative estimate of drug-likeness (QED) is 0.480. The predicted octanol–water partition coefficient (Wildman–Crippen LogP) is 4.87. The Morgan fingerprint density at radius 3 is 2.59 bits per heavy atom. The lowest BCUT2D eigenvalue weighted by molar-refractivity contribution is 0.0247. The summed E-state index contributed by atoms with van der Waals surface area (Å²) in [6.07, 6.45) is 0.964. The fourth-order valence-electron chi connectivity index (χ4n) is 5.56. The van der Waals surface area contributed by atoms with Crippen LogP contribution in [0.3, 0.4) is 0 Å². The number of imide groups is 1. The molecule has 3 aromatic rings. The second-order valence-electron chi connectivity index (χ2n) is 11.5. The number of nitriles is 1. The van der Waals surface area contributed by atoms with Gasteiger partial charge in [-0.15, -0.1) is 0 Å². The van der Waals surface area contributed by atoms with Gasteiger partial charge in [0.1, 0.15) is 17.2 Å². The molecule has 0 unspecified atom stereocenters. The van der Waals surface area contributed by atoms with E-state index in [4.69, 9.17) is 9.47 Å². The molecule has 0 aliphatic carbocycles. The molecule has 0 saturated carbocycles. The van der Waals surface area contributed by atoms with Crippen LogP contribution in [0.1, 0.15) is 42.4 Å². The first-order chi connectivity index (χ1) is 19.6. The molecule has 0 bridgehead atoms. The number of benzene rings is 1. The van der Waals surface area contributed by atoms with Crippen molar-refractivity contribution in [3.63, 3.8) is 0 Å². The van der Waals surface area contributed by atoms with Crippen molar-refractivity contribution in [1.29, 1.82) is 5.26 Å². The highest BCUT2D eigenvalue weighted by atomic mass is 19.1. The summed E-state index contributed by atoms with van der Waals surface area (Å²) in [5, 5.41) is 12.8. The molecular weight excluding hydrogens is 527 g/mol. The average Bonchev–Trinajstić information content (AvgIpc) is 3.62. The van der Waals surface area contributed by atoms with Crippen LogP contribution >= 0.6 is 0 Å². The normalized spacial score (nSPS) is 19.6. The Labute approximate surface area is 236 Å². The molecule has 2 fully saturated rings. The number of hydrogen-bond donors (Lipinski definition) is 1. The molecule has 5 heterocycles. The molecule has 6 rings (SSSR count). The lowest BCUT2D eigenvalue weighted by Crippen LogP contribution is -2.37. The molecule has 210 valence electrons. The van der Waals surface area contributed by atoms with E-state index in [1.807, 2.05) is 12.1 Å². The molecule has 2 saturated heterocycles. The number of ether oxygens (including phenoxy) is 2. The molecule has 0 spiro atoms. The number of fused-ring (bicyclic) bond motifs is 2. The van der Waals surface area contributed by atoms with Crippen LogP contribution in [0.5, 0.6) is 0 Å². The van der Waals surface area contributed by atoms with Gasteiger partial charge in [-0.1, -0.05) is 6.07 Å². The standard InChI is InChI=1S/C30H29FN6O4/c1-30(2,3)41-29(39)37-14-24-27(28(37)38)23(9-22(34-24)26-17(10-32)5-4-6-21(26)31)35-25-8-7-20(11-33-25)36-12-18-15-40-16-19(18)13-36/h4-9,11,18-19H,12-16H2,1-3H3,(H,33,34,35)/t18-,19+. The van der Waals surface area contributed by atoms with Crippen LogP contribution < -0.4 is 10.2 Å². The van der Waals surface area contributed by atoms with Crippen molar-refractivity contribution >= 4 is 29.2 Å². The molecule has 3 aliphatic rings. The Kier molecular flexibility index (Phi) is 6.58. The van der Waals surface area contributed by atoms with E-state index in [1.165, 1.54) is 24.3 Å². The molecule has 1 aromatic carbocycles. The van der Waals surface area contributed by atoms with E-state index in [2.05, 4.69) is 20.2 Å². The maximum absolute atomic E-state index is 15.0. The summed E-state index contributed by atoms with van der Waals surface area (Å²) >= 11 is 0. The van der Waals surface area contributed by atoms with Gasteiger partial charge in [-0.25, -0.2) is 24.1 Å². The van der Waals surface area contributed by atoms with Gasteiger partial charge >= 0.3 is 6.09 Å². The summed E-state index contributed by atoms with van der Waals surface area (Å²) in [6, 6.07) is 11.5. The van der Waals surface area contributed by atoms with Gasteiger partial charge in [0.2, 0.25) is 0 Å². The van der Waals surface area contributed by atoms with Gasteiger partial charge in [-0.3, -0.25) is 4.79 Å². The summed E-state index contributed by atoms with van der Waals surface area (Å²) in [5.41, 5.74) is 1.15. The van der Waals surface area contributed by atoms with Crippen LogP contribution in [0.25, 0.3) is 11.3 Å². The largest absolute Gasteiger partial charge is 0.443 e. The first-order valence-electron chi connectivity index (χ1n) is 13.4. The van der Waals surface area contributed by atoms with Crippen molar-refractivity contribution < 1.29 is 23.5 Å². The van der Waals surface area contributed by atoms with Gasteiger partial charge in [0.15, 0.2) is 0 Å². The minimum absolute atomic E-state index is 0.0101. The fraction of sp³-hybridized carbons (Fsp3) is 0.367. The van der Waals surface area contributed by atoms with E-state index < -0.39 is 23.4 Å². The second-order valence-corrected chi connectivity index (χ2v) is 11.5. The Bertz CT molecular complexity index is 1570. The fourth-order valence-corrected chi connectivity index (χ4v) is 5.56. The van der Waals surface area contributed by atoms with E-state index in [1.54, 1.807) is 33.0 Å². The molecule has 10 nitrogen and oxygen atoms in total. The minimum Gasteiger partial charge on any atom is -0.443 e. The van der Waals surface area contributed by atoms with Crippen LogP contribution in [0.2, 0.25) is 0 Å². The van der Waals surface area contributed by atoms with Crippen LogP contribution in [-0.2, 0) is 16.0 Å². The maximum Gasteiger partial charge on any atom is 0.417 e. The average molecular weight is 557 g/mol. The molecule has 11 heteroatoms. The molecule has 41 heavy (non-hydrogen) atoms. The number of nitrogens with zero attached hydrogens (tertiary/aromatic N) is 5. The first kappa shape index (κ1) is 26.7. The molecule has 1 N–H and O–H groups in total. The van der Waals surface area contributed by atoms with E-state index in [0.29, 0.717) is 23.3 Å². The molecule has 3 aliphatic heterocycles. The van der Waals surface area contributed by atoms with Gasteiger partial charge in [0.05, 0.1) is 71.5 Å². The smallest absolute Gasteiger partial charge is 0.417 e. The number of pyridine rings is 2. The highest BCUT2D eigenvalue weighted by Gasteiger charge is 2.39. The van der Waals surface area contributed by atoms with Crippen molar-refractivity contribution in [2.75, 3.05) is 36.5 Å². The van der Waals surface area contributed by atoms with Gasteiger partial charge in [-0.2, -0.15) is 5.26 Å². The van der Waals surface area contributed by atoms with Crippen molar-refractivity contribution in [3.8, 4) is 17.3 Å². The first-order valence-corrected chi connectivity index (χ1v) is 13.4. The number of hydrogen-bond acceptors (Lipinski definition) is 9. The SMILES string of the molecule is CC(C)(C)OC(=O)N1Cc2nc(-c3c(F)cccc3C#N)cc(Nc3ccc(N4C[C@H]5COC[C@H]5C4)cn3)c2C1=O. The van der Waals surface area contributed by atoms with Gasteiger partial charge in [0, 0.05) is 24.9 Å². The van der Waals surface area contributed by atoms with E-state index in [9.17, 15) is 19.2 Å². The summed E-state index contributed by atoms with van der Waals surface area (Å²) in [7, 11) is 0. The second kappa shape index (κ2) is 10.1. The Morgan fingerprint density at radius 2 is 1.93 bits per heavy atom. The molecule has 0 radical (unpaired) electrons. The zero-order chi connectivity index (χ0) is 28.9. The zero-order valence-corrected chi connectivity index (χ0v) is 23.0. The third-order valence-corrected chi connectivity index (χ3v) is 7.48. The highest BCUT2D eigenvalue weighted by molar-refractivity contribution is 6.10. The number of amides is 2. The lowest BCUT2D eigenvalue weighted by atomic mass is 10.0. The highest BCUT2D eigenvalue weighted by Crippen LogP contribution is 2.37. The predicted molar refractivity (Wildman–Crippen MR) is 148 cm³/mol. The third-order valence-electron chi connectivity index (χ3n) is 7.48. The van der Waals surface area contributed by atoms with Crippen LogP contribution in [0, 0.1) is 29.0 Å². The number of rotatable bonds is 4. The maximum atomic E-state index is 15.0. The monoisotopic (exact) mass is 556 g/mol. The number of anilines is 3. The van der Waals surface area contributed by atoms with Crippen LogP contribution in [0.4, 0.5) is 26.4 Å². The Hall–Kier alpha value is -4.56. The van der Waals surface area contributed by atoms with Gasteiger partial charge in [-0.05, 0) is 51.1 Å². The number of nitrogens with one attached hydrogen (secondary N) is 1. The van der Waals surface area contributed by atoms with Crippen molar-refractivity contribution in [3.05, 3.63) is 65.2 Å². The topological polar surface area (TPSA) is 121 Å².